The minimum atomic E-state index is 0.106. The van der Waals surface area contributed by atoms with Crippen molar-refractivity contribution in [2.45, 2.75) is 33.8 Å². The van der Waals surface area contributed by atoms with E-state index in [9.17, 15) is 0 Å². The van der Waals surface area contributed by atoms with Crippen LogP contribution in [0.1, 0.15) is 33.3 Å². The molecule has 1 aromatic heterocycles. The Morgan fingerprint density at radius 3 is 2.50 bits per heavy atom. The van der Waals surface area contributed by atoms with Crippen molar-refractivity contribution in [2.24, 2.45) is 5.10 Å². The number of hydrogen-bond acceptors (Lipinski definition) is 5. The van der Waals surface area contributed by atoms with Crippen molar-refractivity contribution in [2.75, 3.05) is 18.0 Å². The molecule has 0 aliphatic rings. The van der Waals surface area contributed by atoms with Gasteiger partial charge in [0.05, 0.1) is 12.3 Å². The molecule has 0 atom stereocenters. The van der Waals surface area contributed by atoms with E-state index in [4.69, 9.17) is 4.74 Å². The summed E-state index contributed by atoms with van der Waals surface area (Å²) in [5.74, 6) is 0.830. The predicted molar refractivity (Wildman–Crippen MR) is 88.8 cm³/mol. The van der Waals surface area contributed by atoms with Crippen molar-refractivity contribution in [1.82, 2.24) is 14.9 Å². The highest BCUT2D eigenvalue weighted by Crippen LogP contribution is 2.26. The van der Waals surface area contributed by atoms with E-state index in [1.54, 1.807) is 23.5 Å². The molecule has 1 heterocycles. The molecule has 0 spiro atoms. The monoisotopic (exact) mass is 301 g/mol. The summed E-state index contributed by atoms with van der Waals surface area (Å²) in [4.78, 5) is 2.29. The molecule has 118 valence electrons. The normalized spacial score (nSPS) is 11.3. The molecule has 1 aromatic carbocycles. The summed E-state index contributed by atoms with van der Waals surface area (Å²) in [6.07, 6.45) is 4.95. The van der Waals surface area contributed by atoms with Gasteiger partial charge in [-0.25, -0.2) is 4.68 Å². The zero-order chi connectivity index (χ0) is 15.9. The predicted octanol–water partition coefficient (Wildman–Crippen LogP) is 2.79. The van der Waals surface area contributed by atoms with Crippen molar-refractivity contribution < 1.29 is 4.74 Å². The second kappa shape index (κ2) is 7.59. The molecule has 0 radical (unpaired) electrons. The summed E-state index contributed by atoms with van der Waals surface area (Å²) in [6, 6.07) is 6.19. The maximum atomic E-state index is 5.94. The lowest BCUT2D eigenvalue weighted by molar-refractivity contribution is 0.242. The molecular formula is C16H23N5O. The average molecular weight is 301 g/mol. The van der Waals surface area contributed by atoms with Crippen LogP contribution in [-0.2, 0) is 0 Å². The van der Waals surface area contributed by atoms with Crippen LogP contribution in [0.25, 0.3) is 0 Å². The number of benzene rings is 1. The first-order valence-corrected chi connectivity index (χ1v) is 7.58. The van der Waals surface area contributed by atoms with E-state index in [1.807, 2.05) is 19.9 Å². The summed E-state index contributed by atoms with van der Waals surface area (Å²) in [6.45, 7) is 10.3. The van der Waals surface area contributed by atoms with Gasteiger partial charge >= 0.3 is 0 Å². The van der Waals surface area contributed by atoms with E-state index >= 15 is 0 Å². The Bertz CT molecular complexity index is 603. The molecule has 0 saturated carbocycles. The fraction of sp³-hybridized carbons (Fsp3) is 0.438. The van der Waals surface area contributed by atoms with Gasteiger partial charge in [-0.05, 0) is 39.8 Å². The number of ether oxygens (including phenoxy) is 1. The minimum Gasteiger partial charge on any atom is -0.490 e. The van der Waals surface area contributed by atoms with Gasteiger partial charge < -0.3 is 9.64 Å². The van der Waals surface area contributed by atoms with Crippen molar-refractivity contribution in [1.29, 1.82) is 0 Å². The zero-order valence-corrected chi connectivity index (χ0v) is 13.6. The molecule has 6 heteroatoms. The summed E-state index contributed by atoms with van der Waals surface area (Å²) >= 11 is 0. The Labute approximate surface area is 131 Å². The van der Waals surface area contributed by atoms with Gasteiger partial charge in [0.2, 0.25) is 0 Å². The highest BCUT2D eigenvalue weighted by molar-refractivity contribution is 5.84. The molecule has 0 bridgehead atoms. The quantitative estimate of drug-likeness (QED) is 0.738. The van der Waals surface area contributed by atoms with E-state index in [2.05, 4.69) is 46.2 Å². The van der Waals surface area contributed by atoms with Crippen LogP contribution in [0.3, 0.4) is 0 Å². The Kier molecular flexibility index (Phi) is 5.52. The van der Waals surface area contributed by atoms with Crippen molar-refractivity contribution >= 4 is 11.9 Å². The van der Waals surface area contributed by atoms with Crippen LogP contribution >= 0.6 is 0 Å². The summed E-state index contributed by atoms with van der Waals surface area (Å²) in [5.41, 5.74) is 2.08. The van der Waals surface area contributed by atoms with Crippen LogP contribution in [0.2, 0.25) is 0 Å². The van der Waals surface area contributed by atoms with E-state index in [0.29, 0.717) is 0 Å². The van der Waals surface area contributed by atoms with Gasteiger partial charge in [0.15, 0.2) is 0 Å². The smallest absolute Gasteiger partial charge is 0.141 e. The first-order chi connectivity index (χ1) is 10.6. The van der Waals surface area contributed by atoms with Crippen molar-refractivity contribution in [3.63, 3.8) is 0 Å². The lowest BCUT2D eigenvalue weighted by atomic mass is 10.1. The second-order valence-corrected chi connectivity index (χ2v) is 5.15. The van der Waals surface area contributed by atoms with Crippen LogP contribution in [0.4, 0.5) is 5.69 Å². The third kappa shape index (κ3) is 4.07. The van der Waals surface area contributed by atoms with E-state index < -0.39 is 0 Å². The third-order valence-electron chi connectivity index (χ3n) is 3.23. The SMILES string of the molecule is CCN(CC)c1ccc(C=Nn2cnnc2)c(OC(C)C)c1. The highest BCUT2D eigenvalue weighted by atomic mass is 16.5. The molecule has 0 aliphatic carbocycles. The third-order valence-corrected chi connectivity index (χ3v) is 3.23. The summed E-state index contributed by atoms with van der Waals surface area (Å²) in [7, 11) is 0. The standard InChI is InChI=1S/C16H23N5O/c1-5-20(6-2)15-8-7-14(16(9-15)22-13(3)4)10-19-21-11-17-18-12-21/h7-13H,5-6H2,1-4H3. The largest absolute Gasteiger partial charge is 0.490 e. The number of rotatable bonds is 7. The topological polar surface area (TPSA) is 55.5 Å². The van der Waals surface area contributed by atoms with Crippen LogP contribution in [0.5, 0.6) is 5.75 Å². The Hall–Kier alpha value is -2.37. The molecule has 0 amide bonds. The van der Waals surface area contributed by atoms with Crippen LogP contribution < -0.4 is 9.64 Å². The summed E-state index contributed by atoms with van der Waals surface area (Å²) in [5, 5.41) is 11.7. The fourth-order valence-electron chi connectivity index (χ4n) is 2.15. The number of nitrogens with zero attached hydrogens (tertiary/aromatic N) is 5. The Balaban J connectivity index is 2.31. The molecular weight excluding hydrogens is 278 g/mol. The molecule has 0 saturated heterocycles. The van der Waals surface area contributed by atoms with Crippen LogP contribution in [-0.4, -0.2) is 40.3 Å². The average Bonchev–Trinajstić information content (AvgIpc) is 3.00. The molecule has 22 heavy (non-hydrogen) atoms. The highest BCUT2D eigenvalue weighted by Gasteiger charge is 2.09. The van der Waals surface area contributed by atoms with E-state index in [0.717, 1.165) is 30.1 Å². The first-order valence-electron chi connectivity index (χ1n) is 7.58. The van der Waals surface area contributed by atoms with Gasteiger partial charge in [0, 0.05) is 30.4 Å². The molecule has 2 aromatic rings. The molecule has 2 rings (SSSR count). The van der Waals surface area contributed by atoms with E-state index in [1.165, 1.54) is 0 Å². The molecule has 0 N–H and O–H groups in total. The van der Waals surface area contributed by atoms with Gasteiger partial charge in [-0.15, -0.1) is 10.2 Å². The maximum Gasteiger partial charge on any atom is 0.141 e. The second-order valence-electron chi connectivity index (χ2n) is 5.15. The van der Waals surface area contributed by atoms with Gasteiger partial charge in [-0.1, -0.05) is 0 Å². The van der Waals surface area contributed by atoms with Gasteiger partial charge in [0.25, 0.3) is 0 Å². The fourth-order valence-corrected chi connectivity index (χ4v) is 2.15. The lowest BCUT2D eigenvalue weighted by Gasteiger charge is -2.23. The number of aromatic nitrogens is 3. The number of hydrogen-bond donors (Lipinski definition) is 0. The summed E-state index contributed by atoms with van der Waals surface area (Å²) < 4.78 is 7.49. The van der Waals surface area contributed by atoms with Crippen molar-refractivity contribution in [3.05, 3.63) is 36.4 Å². The maximum absolute atomic E-state index is 5.94. The lowest BCUT2D eigenvalue weighted by Crippen LogP contribution is -2.22. The van der Waals surface area contributed by atoms with Crippen LogP contribution in [0.15, 0.2) is 36.0 Å². The molecule has 6 nitrogen and oxygen atoms in total. The molecule has 0 aliphatic heterocycles. The van der Waals surface area contributed by atoms with Gasteiger partial charge in [0.1, 0.15) is 18.4 Å². The minimum absolute atomic E-state index is 0.106. The Morgan fingerprint density at radius 1 is 1.23 bits per heavy atom. The zero-order valence-electron chi connectivity index (χ0n) is 13.6. The Morgan fingerprint density at radius 2 is 1.91 bits per heavy atom. The molecule has 0 fully saturated rings. The van der Waals surface area contributed by atoms with Crippen molar-refractivity contribution in [3.8, 4) is 5.75 Å². The first kappa shape index (κ1) is 16.0. The molecule has 0 unspecified atom stereocenters. The van der Waals surface area contributed by atoms with Gasteiger partial charge in [-0.2, -0.15) is 5.10 Å². The van der Waals surface area contributed by atoms with Crippen LogP contribution in [0, 0.1) is 0 Å². The van der Waals surface area contributed by atoms with Gasteiger partial charge in [-0.3, -0.25) is 0 Å². The van der Waals surface area contributed by atoms with E-state index in [-0.39, 0.29) is 6.10 Å². The number of anilines is 1.